The molecule has 3 N–H and O–H groups in total. The average Bonchev–Trinajstić information content (AvgIpc) is 2.91. The predicted octanol–water partition coefficient (Wildman–Crippen LogP) is 1.07. The van der Waals surface area contributed by atoms with E-state index in [0.29, 0.717) is 11.5 Å². The molecule has 5 nitrogen and oxygen atoms in total. The summed E-state index contributed by atoms with van der Waals surface area (Å²) in [4.78, 5) is 0. The van der Waals surface area contributed by atoms with Crippen LogP contribution in [0.25, 0.3) is 0 Å². The van der Waals surface area contributed by atoms with Gasteiger partial charge in [-0.25, -0.2) is 0 Å². The Morgan fingerprint density at radius 3 is 2.70 bits per heavy atom. The van der Waals surface area contributed by atoms with Crippen molar-refractivity contribution in [2.24, 2.45) is 0 Å². The SMILES string of the molecule is CNC1(CO)CCC(Oc2ccc(CO)cc2OC)C1. The lowest BCUT2D eigenvalue weighted by atomic mass is 9.99. The molecule has 2 atom stereocenters. The molecule has 1 aliphatic carbocycles. The van der Waals surface area contributed by atoms with Gasteiger partial charge in [0.2, 0.25) is 0 Å². The van der Waals surface area contributed by atoms with E-state index in [9.17, 15) is 5.11 Å². The number of aliphatic hydroxyl groups excluding tert-OH is 2. The van der Waals surface area contributed by atoms with Crippen LogP contribution in [0.3, 0.4) is 0 Å². The molecule has 0 aromatic heterocycles. The molecule has 112 valence electrons. The Bertz CT molecular complexity index is 445. The molecule has 0 bridgehead atoms. The third kappa shape index (κ3) is 3.06. The summed E-state index contributed by atoms with van der Waals surface area (Å²) in [6.07, 6.45) is 2.61. The van der Waals surface area contributed by atoms with Gasteiger partial charge in [0.15, 0.2) is 11.5 Å². The number of rotatable bonds is 6. The van der Waals surface area contributed by atoms with Crippen molar-refractivity contribution >= 4 is 0 Å². The van der Waals surface area contributed by atoms with Crippen LogP contribution in [-0.2, 0) is 6.61 Å². The summed E-state index contributed by atoms with van der Waals surface area (Å²) >= 11 is 0. The Hall–Kier alpha value is -1.30. The molecule has 0 amide bonds. The smallest absolute Gasteiger partial charge is 0.161 e. The van der Waals surface area contributed by atoms with Crippen LogP contribution in [0.4, 0.5) is 0 Å². The fraction of sp³-hybridized carbons (Fsp3) is 0.600. The van der Waals surface area contributed by atoms with Gasteiger partial charge in [-0.3, -0.25) is 0 Å². The molecule has 1 aromatic carbocycles. The predicted molar refractivity (Wildman–Crippen MR) is 76.1 cm³/mol. The molecule has 5 heteroatoms. The molecule has 1 saturated carbocycles. The fourth-order valence-corrected chi connectivity index (χ4v) is 2.71. The van der Waals surface area contributed by atoms with Crippen LogP contribution in [0.15, 0.2) is 18.2 Å². The second kappa shape index (κ2) is 6.43. The summed E-state index contributed by atoms with van der Waals surface area (Å²) in [6.45, 7) is 0.0946. The standard InChI is InChI=1S/C15H23NO4/c1-16-15(10-18)6-5-12(8-15)20-13-4-3-11(9-17)7-14(13)19-2/h3-4,7,12,16-18H,5-6,8-10H2,1-2H3. The van der Waals surface area contributed by atoms with Gasteiger partial charge >= 0.3 is 0 Å². The van der Waals surface area contributed by atoms with Crippen LogP contribution in [0, 0.1) is 0 Å². The summed E-state index contributed by atoms with van der Waals surface area (Å²) in [6, 6.07) is 5.43. The minimum atomic E-state index is -0.233. The zero-order valence-electron chi connectivity index (χ0n) is 12.1. The molecule has 20 heavy (non-hydrogen) atoms. The molecule has 0 aliphatic heterocycles. The maximum Gasteiger partial charge on any atom is 0.161 e. The van der Waals surface area contributed by atoms with Crippen LogP contribution in [-0.4, -0.2) is 42.6 Å². The van der Waals surface area contributed by atoms with Gasteiger partial charge in [-0.15, -0.1) is 0 Å². The Kier molecular flexibility index (Phi) is 4.86. The van der Waals surface area contributed by atoms with Gasteiger partial charge in [-0.05, 0) is 37.6 Å². The third-order valence-corrected chi connectivity index (χ3v) is 4.10. The first kappa shape index (κ1) is 15.1. The highest BCUT2D eigenvalue weighted by Crippen LogP contribution is 2.35. The van der Waals surface area contributed by atoms with Gasteiger partial charge in [0.1, 0.15) is 6.10 Å². The minimum Gasteiger partial charge on any atom is -0.493 e. The fourth-order valence-electron chi connectivity index (χ4n) is 2.71. The van der Waals surface area contributed by atoms with Gasteiger partial charge in [0, 0.05) is 12.0 Å². The van der Waals surface area contributed by atoms with Gasteiger partial charge < -0.3 is 25.0 Å². The summed E-state index contributed by atoms with van der Waals surface area (Å²) in [5.41, 5.74) is 0.559. The molecule has 1 fully saturated rings. The Morgan fingerprint density at radius 1 is 1.35 bits per heavy atom. The number of methoxy groups -OCH3 is 1. The molecule has 0 spiro atoms. The summed E-state index contributed by atoms with van der Waals surface area (Å²) in [7, 11) is 3.46. The lowest BCUT2D eigenvalue weighted by Gasteiger charge is -2.26. The molecule has 0 radical (unpaired) electrons. The van der Waals surface area contributed by atoms with E-state index < -0.39 is 0 Å². The van der Waals surface area contributed by atoms with Crippen molar-refractivity contribution in [3.8, 4) is 11.5 Å². The Morgan fingerprint density at radius 2 is 2.15 bits per heavy atom. The van der Waals surface area contributed by atoms with Crippen LogP contribution in [0.2, 0.25) is 0 Å². The molecule has 0 heterocycles. The Balaban J connectivity index is 2.08. The zero-order chi connectivity index (χ0) is 14.6. The topological polar surface area (TPSA) is 71.0 Å². The lowest BCUT2D eigenvalue weighted by molar-refractivity contribution is 0.144. The number of ether oxygens (including phenoxy) is 2. The first-order valence-corrected chi connectivity index (χ1v) is 6.90. The largest absolute Gasteiger partial charge is 0.493 e. The molecular formula is C15H23NO4. The number of aliphatic hydroxyl groups is 2. The van der Waals surface area contributed by atoms with E-state index in [0.717, 1.165) is 24.8 Å². The first-order valence-electron chi connectivity index (χ1n) is 6.90. The number of hydrogen-bond acceptors (Lipinski definition) is 5. The monoisotopic (exact) mass is 281 g/mol. The molecule has 2 rings (SSSR count). The number of benzene rings is 1. The van der Waals surface area contributed by atoms with Crippen LogP contribution >= 0.6 is 0 Å². The molecular weight excluding hydrogens is 258 g/mol. The summed E-state index contributed by atoms with van der Waals surface area (Å²) in [5, 5.41) is 21.8. The van der Waals surface area contributed by atoms with E-state index in [1.807, 2.05) is 19.2 Å². The first-order chi connectivity index (χ1) is 9.66. The van der Waals surface area contributed by atoms with Crippen molar-refractivity contribution in [2.75, 3.05) is 20.8 Å². The highest BCUT2D eigenvalue weighted by atomic mass is 16.5. The van der Waals surface area contributed by atoms with Crippen molar-refractivity contribution < 1.29 is 19.7 Å². The number of hydrogen-bond donors (Lipinski definition) is 3. The molecule has 0 saturated heterocycles. The van der Waals surface area contributed by atoms with E-state index in [1.165, 1.54) is 0 Å². The van der Waals surface area contributed by atoms with E-state index in [-0.39, 0.29) is 24.9 Å². The quantitative estimate of drug-likeness (QED) is 0.727. The van der Waals surface area contributed by atoms with Crippen molar-refractivity contribution in [3.63, 3.8) is 0 Å². The third-order valence-electron chi connectivity index (χ3n) is 4.10. The van der Waals surface area contributed by atoms with Crippen molar-refractivity contribution in [1.82, 2.24) is 5.32 Å². The zero-order valence-corrected chi connectivity index (χ0v) is 12.1. The molecule has 1 aromatic rings. The maximum absolute atomic E-state index is 9.50. The van der Waals surface area contributed by atoms with Gasteiger partial charge in [-0.2, -0.15) is 0 Å². The number of nitrogens with one attached hydrogen (secondary N) is 1. The Labute approximate surface area is 119 Å². The van der Waals surface area contributed by atoms with Crippen molar-refractivity contribution in [1.29, 1.82) is 0 Å². The number of likely N-dealkylation sites (N-methyl/N-ethyl adjacent to an activating group) is 1. The van der Waals surface area contributed by atoms with Crippen molar-refractivity contribution in [3.05, 3.63) is 23.8 Å². The lowest BCUT2D eigenvalue weighted by Crippen LogP contribution is -2.44. The van der Waals surface area contributed by atoms with Gasteiger partial charge in [0.25, 0.3) is 0 Å². The van der Waals surface area contributed by atoms with E-state index in [2.05, 4.69) is 5.32 Å². The summed E-state index contributed by atoms with van der Waals surface area (Å²) < 4.78 is 11.3. The molecule has 1 aliphatic rings. The van der Waals surface area contributed by atoms with Gasteiger partial charge in [0.05, 0.1) is 20.3 Å². The highest BCUT2D eigenvalue weighted by molar-refractivity contribution is 5.43. The maximum atomic E-state index is 9.50. The minimum absolute atomic E-state index is 0.0204. The van der Waals surface area contributed by atoms with Crippen LogP contribution in [0.1, 0.15) is 24.8 Å². The van der Waals surface area contributed by atoms with Crippen LogP contribution in [0.5, 0.6) is 11.5 Å². The van der Waals surface area contributed by atoms with E-state index >= 15 is 0 Å². The van der Waals surface area contributed by atoms with Crippen molar-refractivity contribution in [2.45, 2.75) is 37.5 Å². The normalized spacial score (nSPS) is 25.7. The van der Waals surface area contributed by atoms with Crippen LogP contribution < -0.4 is 14.8 Å². The summed E-state index contributed by atoms with van der Waals surface area (Å²) in [5.74, 6) is 1.31. The molecule has 2 unspecified atom stereocenters. The van der Waals surface area contributed by atoms with E-state index in [4.69, 9.17) is 14.6 Å². The second-order valence-corrected chi connectivity index (χ2v) is 5.31. The van der Waals surface area contributed by atoms with Gasteiger partial charge in [-0.1, -0.05) is 6.07 Å². The average molecular weight is 281 g/mol. The highest BCUT2D eigenvalue weighted by Gasteiger charge is 2.38. The van der Waals surface area contributed by atoms with E-state index in [1.54, 1.807) is 13.2 Å². The second-order valence-electron chi connectivity index (χ2n) is 5.31.